The van der Waals surface area contributed by atoms with Crippen LogP contribution in [0.25, 0.3) is 0 Å². The van der Waals surface area contributed by atoms with Gasteiger partial charge in [0.2, 0.25) is 0 Å². The normalized spacial score (nSPS) is 11.4. The Morgan fingerprint density at radius 3 is 2.50 bits per heavy atom. The molecule has 0 aliphatic heterocycles. The minimum absolute atomic E-state index is 0.0928. The predicted molar refractivity (Wildman–Crippen MR) is 63.9 cm³/mol. The topological polar surface area (TPSA) is 52.3 Å². The molecule has 1 aromatic rings. The SMILES string of the molecule is CCOC(=O)Cc1c(N)cc(C(F)(F)F)cc1Br. The number of carbonyl (C=O) groups is 1. The van der Waals surface area contributed by atoms with Crippen LogP contribution in [0.2, 0.25) is 0 Å². The highest BCUT2D eigenvalue weighted by Crippen LogP contribution is 2.35. The first-order chi connectivity index (χ1) is 8.25. The lowest BCUT2D eigenvalue weighted by molar-refractivity contribution is -0.142. The van der Waals surface area contributed by atoms with Gasteiger partial charge in [-0.25, -0.2) is 0 Å². The summed E-state index contributed by atoms with van der Waals surface area (Å²) in [7, 11) is 0. The highest BCUT2D eigenvalue weighted by Gasteiger charge is 2.31. The Bertz CT molecular complexity index is 437. The van der Waals surface area contributed by atoms with Gasteiger partial charge in [0.1, 0.15) is 0 Å². The second-order valence-electron chi connectivity index (χ2n) is 3.51. The monoisotopic (exact) mass is 325 g/mol. The fourth-order valence-corrected chi connectivity index (χ4v) is 1.98. The number of hydrogen-bond donors (Lipinski definition) is 1. The predicted octanol–water partition coefficient (Wildman–Crippen LogP) is 3.16. The molecule has 0 spiro atoms. The van der Waals surface area contributed by atoms with Crippen molar-refractivity contribution in [1.29, 1.82) is 0 Å². The highest BCUT2D eigenvalue weighted by atomic mass is 79.9. The molecule has 0 saturated carbocycles. The summed E-state index contributed by atoms with van der Waals surface area (Å²) in [6.45, 7) is 1.85. The summed E-state index contributed by atoms with van der Waals surface area (Å²) in [5.74, 6) is -0.537. The van der Waals surface area contributed by atoms with Crippen LogP contribution in [0.5, 0.6) is 0 Å². The number of anilines is 1. The maximum Gasteiger partial charge on any atom is 0.416 e. The van der Waals surface area contributed by atoms with Gasteiger partial charge in [-0.05, 0) is 19.1 Å². The first-order valence-corrected chi connectivity index (χ1v) is 5.85. The van der Waals surface area contributed by atoms with Crippen LogP contribution < -0.4 is 5.73 Å². The molecule has 0 aliphatic carbocycles. The number of alkyl halides is 3. The minimum atomic E-state index is -4.47. The summed E-state index contributed by atoms with van der Waals surface area (Å²) in [6, 6.07) is 1.70. The molecule has 0 aromatic heterocycles. The largest absolute Gasteiger partial charge is 0.466 e. The van der Waals surface area contributed by atoms with Gasteiger partial charge in [0.15, 0.2) is 0 Å². The van der Waals surface area contributed by atoms with Gasteiger partial charge in [0, 0.05) is 15.7 Å². The second-order valence-corrected chi connectivity index (χ2v) is 4.36. The zero-order valence-corrected chi connectivity index (χ0v) is 11.1. The number of hydrogen-bond acceptors (Lipinski definition) is 3. The van der Waals surface area contributed by atoms with Gasteiger partial charge < -0.3 is 10.5 Å². The molecule has 18 heavy (non-hydrogen) atoms. The summed E-state index contributed by atoms with van der Waals surface area (Å²) < 4.78 is 42.3. The van der Waals surface area contributed by atoms with E-state index in [1.807, 2.05) is 0 Å². The van der Waals surface area contributed by atoms with E-state index in [2.05, 4.69) is 15.9 Å². The maximum absolute atomic E-state index is 12.5. The zero-order valence-electron chi connectivity index (χ0n) is 9.47. The van der Waals surface area contributed by atoms with E-state index < -0.39 is 17.7 Å². The number of esters is 1. The Labute approximate surface area is 110 Å². The quantitative estimate of drug-likeness (QED) is 0.686. The van der Waals surface area contributed by atoms with E-state index in [-0.39, 0.29) is 23.2 Å². The molecular weight excluding hydrogens is 315 g/mol. The molecular formula is C11H11BrF3NO2. The standard InChI is InChI=1S/C11H11BrF3NO2/c1-2-18-10(17)5-7-8(12)3-6(4-9(7)16)11(13,14)15/h3-4H,2,5,16H2,1H3. The highest BCUT2D eigenvalue weighted by molar-refractivity contribution is 9.10. The Morgan fingerprint density at radius 2 is 2.06 bits per heavy atom. The van der Waals surface area contributed by atoms with Crippen LogP contribution in [0, 0.1) is 0 Å². The third kappa shape index (κ3) is 3.63. The van der Waals surface area contributed by atoms with E-state index in [0.29, 0.717) is 5.56 Å². The van der Waals surface area contributed by atoms with E-state index in [4.69, 9.17) is 10.5 Å². The molecule has 1 aromatic carbocycles. The van der Waals surface area contributed by atoms with Crippen LogP contribution in [-0.4, -0.2) is 12.6 Å². The first-order valence-electron chi connectivity index (χ1n) is 5.06. The summed E-state index contributed by atoms with van der Waals surface area (Å²) in [5.41, 5.74) is 4.86. The van der Waals surface area contributed by atoms with Gasteiger partial charge in [-0.3, -0.25) is 4.79 Å². The Morgan fingerprint density at radius 1 is 1.44 bits per heavy atom. The Hall–Kier alpha value is -1.24. The van der Waals surface area contributed by atoms with Gasteiger partial charge in [-0.15, -0.1) is 0 Å². The van der Waals surface area contributed by atoms with Crippen molar-refractivity contribution in [2.45, 2.75) is 19.5 Å². The average molecular weight is 326 g/mol. The summed E-state index contributed by atoms with van der Waals surface area (Å²) in [4.78, 5) is 11.3. The molecule has 0 unspecified atom stereocenters. The number of carbonyl (C=O) groups excluding carboxylic acids is 1. The summed E-state index contributed by atoms with van der Waals surface area (Å²) in [5, 5.41) is 0. The fourth-order valence-electron chi connectivity index (χ4n) is 1.36. The lowest BCUT2D eigenvalue weighted by Crippen LogP contribution is -2.12. The molecule has 0 amide bonds. The van der Waals surface area contributed by atoms with E-state index in [1.54, 1.807) is 6.92 Å². The molecule has 1 rings (SSSR count). The van der Waals surface area contributed by atoms with E-state index in [9.17, 15) is 18.0 Å². The second kappa shape index (κ2) is 5.60. The number of nitrogens with two attached hydrogens (primary N) is 1. The molecule has 100 valence electrons. The smallest absolute Gasteiger partial charge is 0.416 e. The lowest BCUT2D eigenvalue weighted by Gasteiger charge is -2.12. The van der Waals surface area contributed by atoms with Crippen LogP contribution in [-0.2, 0) is 22.1 Å². The molecule has 0 bridgehead atoms. The molecule has 0 atom stereocenters. The number of ether oxygens (including phenoxy) is 1. The van der Waals surface area contributed by atoms with Crippen molar-refractivity contribution >= 4 is 27.6 Å². The molecule has 0 aliphatic rings. The molecule has 2 N–H and O–H groups in total. The molecule has 0 saturated heterocycles. The van der Waals surface area contributed by atoms with Gasteiger partial charge in [-0.2, -0.15) is 13.2 Å². The van der Waals surface area contributed by atoms with Gasteiger partial charge >= 0.3 is 12.1 Å². The number of benzene rings is 1. The lowest BCUT2D eigenvalue weighted by atomic mass is 10.1. The molecule has 3 nitrogen and oxygen atoms in total. The number of rotatable bonds is 3. The van der Waals surface area contributed by atoms with Crippen LogP contribution >= 0.6 is 15.9 Å². The third-order valence-electron chi connectivity index (χ3n) is 2.18. The number of halogens is 4. The molecule has 7 heteroatoms. The maximum atomic E-state index is 12.5. The minimum Gasteiger partial charge on any atom is -0.466 e. The van der Waals surface area contributed by atoms with Crippen molar-refractivity contribution in [2.24, 2.45) is 0 Å². The van der Waals surface area contributed by atoms with Crippen molar-refractivity contribution in [3.63, 3.8) is 0 Å². The summed E-state index contributed by atoms with van der Waals surface area (Å²) >= 11 is 2.98. The fraction of sp³-hybridized carbons (Fsp3) is 0.364. The Balaban J connectivity index is 3.06. The molecule has 0 heterocycles. The first kappa shape index (κ1) is 14.8. The van der Waals surface area contributed by atoms with Gasteiger partial charge in [0.05, 0.1) is 18.6 Å². The van der Waals surface area contributed by atoms with Crippen LogP contribution in [0.4, 0.5) is 18.9 Å². The van der Waals surface area contributed by atoms with Crippen molar-refractivity contribution in [3.8, 4) is 0 Å². The van der Waals surface area contributed by atoms with Crippen molar-refractivity contribution < 1.29 is 22.7 Å². The van der Waals surface area contributed by atoms with E-state index in [1.165, 1.54) is 0 Å². The van der Waals surface area contributed by atoms with Crippen molar-refractivity contribution in [2.75, 3.05) is 12.3 Å². The zero-order chi connectivity index (χ0) is 13.9. The van der Waals surface area contributed by atoms with Crippen molar-refractivity contribution in [1.82, 2.24) is 0 Å². The van der Waals surface area contributed by atoms with Gasteiger partial charge in [0.25, 0.3) is 0 Å². The van der Waals surface area contributed by atoms with Crippen LogP contribution in [0.1, 0.15) is 18.1 Å². The average Bonchev–Trinajstić information content (AvgIpc) is 2.22. The van der Waals surface area contributed by atoms with E-state index >= 15 is 0 Å². The number of nitrogen functional groups attached to an aromatic ring is 1. The third-order valence-corrected chi connectivity index (χ3v) is 2.89. The van der Waals surface area contributed by atoms with Gasteiger partial charge in [-0.1, -0.05) is 15.9 Å². The molecule has 0 radical (unpaired) electrons. The summed E-state index contributed by atoms with van der Waals surface area (Å²) in [6.07, 6.45) is -4.64. The Kier molecular flexibility index (Phi) is 4.61. The van der Waals surface area contributed by atoms with Crippen LogP contribution in [0.15, 0.2) is 16.6 Å². The van der Waals surface area contributed by atoms with E-state index in [0.717, 1.165) is 12.1 Å². The van der Waals surface area contributed by atoms with Crippen LogP contribution in [0.3, 0.4) is 0 Å². The van der Waals surface area contributed by atoms with Crippen molar-refractivity contribution in [3.05, 3.63) is 27.7 Å². The molecule has 0 fully saturated rings.